The summed E-state index contributed by atoms with van der Waals surface area (Å²) in [7, 11) is -3.72. The highest BCUT2D eigenvalue weighted by Gasteiger charge is 2.62. The molecule has 6 rings (SSSR count). The summed E-state index contributed by atoms with van der Waals surface area (Å²) in [4.78, 5) is 25.8. The van der Waals surface area contributed by atoms with Gasteiger partial charge in [0, 0.05) is 12.1 Å². The molecule has 39 heavy (non-hydrogen) atoms. The van der Waals surface area contributed by atoms with Crippen LogP contribution in [0.15, 0.2) is 73.3 Å². The van der Waals surface area contributed by atoms with E-state index in [0.717, 1.165) is 11.8 Å². The first-order valence-corrected chi connectivity index (χ1v) is 14.1. The van der Waals surface area contributed by atoms with Crippen molar-refractivity contribution < 1.29 is 26.9 Å². The summed E-state index contributed by atoms with van der Waals surface area (Å²) >= 11 is 0. The molecule has 2 bridgehead atoms. The molecule has 4 aromatic rings. The van der Waals surface area contributed by atoms with Crippen molar-refractivity contribution in [1.29, 1.82) is 0 Å². The molecule has 2 aliphatic heterocycles. The molecule has 202 valence electrons. The van der Waals surface area contributed by atoms with Crippen LogP contribution in [0.2, 0.25) is 0 Å². The Labute approximate surface area is 224 Å². The maximum Gasteiger partial charge on any atom is 0.264 e. The minimum absolute atomic E-state index is 0.217. The molecule has 2 aromatic carbocycles. The van der Waals surface area contributed by atoms with Gasteiger partial charge in [-0.15, -0.1) is 0 Å². The van der Waals surface area contributed by atoms with E-state index in [0.29, 0.717) is 29.9 Å². The molecule has 1 amide bonds. The first-order chi connectivity index (χ1) is 18.8. The Kier molecular flexibility index (Phi) is 6.61. The van der Waals surface area contributed by atoms with E-state index in [1.165, 1.54) is 6.33 Å². The molecule has 2 saturated heterocycles. The molecule has 13 heteroatoms. The predicted molar refractivity (Wildman–Crippen MR) is 140 cm³/mol. The fraction of sp³-hybridized carbons (Fsp3) is 0.308. The lowest BCUT2D eigenvalue weighted by Gasteiger charge is -2.31. The van der Waals surface area contributed by atoms with Crippen LogP contribution in [0.4, 0.5) is 5.82 Å². The van der Waals surface area contributed by atoms with Gasteiger partial charge in [-0.2, -0.15) is 8.42 Å². The first-order valence-electron chi connectivity index (χ1n) is 12.3. The molecule has 2 N–H and O–H groups in total. The summed E-state index contributed by atoms with van der Waals surface area (Å²) in [5, 5.41) is 6.20. The van der Waals surface area contributed by atoms with Gasteiger partial charge in [0.05, 0.1) is 31.8 Å². The summed E-state index contributed by atoms with van der Waals surface area (Å²) < 4.78 is 43.4. The first kappa shape index (κ1) is 25.5. The van der Waals surface area contributed by atoms with E-state index < -0.39 is 28.1 Å². The van der Waals surface area contributed by atoms with Gasteiger partial charge in [-0.25, -0.2) is 15.0 Å². The van der Waals surface area contributed by atoms with Crippen LogP contribution in [0, 0.1) is 0 Å². The summed E-state index contributed by atoms with van der Waals surface area (Å²) in [5.41, 5.74) is 1.21. The zero-order valence-electron chi connectivity index (χ0n) is 20.9. The number of carbonyl (C=O) groups excluding carboxylic acids is 1. The van der Waals surface area contributed by atoms with E-state index in [-0.39, 0.29) is 24.4 Å². The zero-order chi connectivity index (χ0) is 27.0. The number of amides is 1. The normalized spacial score (nSPS) is 24.3. The Bertz CT molecular complexity index is 1600. The smallest absolute Gasteiger partial charge is 0.264 e. The second kappa shape index (κ2) is 10.1. The Morgan fingerprint density at radius 2 is 1.87 bits per heavy atom. The molecule has 12 nitrogen and oxygen atoms in total. The maximum absolute atomic E-state index is 12.7. The van der Waals surface area contributed by atoms with Crippen LogP contribution >= 0.6 is 0 Å². The highest BCUT2D eigenvalue weighted by Crippen LogP contribution is 2.45. The van der Waals surface area contributed by atoms with Gasteiger partial charge in [-0.05, 0) is 17.7 Å². The van der Waals surface area contributed by atoms with Crippen molar-refractivity contribution >= 4 is 33.0 Å². The van der Waals surface area contributed by atoms with E-state index in [4.69, 9.17) is 13.7 Å². The van der Waals surface area contributed by atoms with E-state index in [1.54, 1.807) is 35.2 Å². The van der Waals surface area contributed by atoms with Gasteiger partial charge in [0.25, 0.3) is 16.0 Å². The minimum Gasteiger partial charge on any atom is -0.369 e. The molecule has 0 unspecified atom stereocenters. The minimum atomic E-state index is -3.72. The Morgan fingerprint density at radius 3 is 2.62 bits per heavy atom. The molecule has 4 atom stereocenters. The molecule has 0 aliphatic carbocycles. The van der Waals surface area contributed by atoms with E-state index in [1.807, 2.05) is 36.4 Å². The molecule has 0 spiro atoms. The van der Waals surface area contributed by atoms with Crippen molar-refractivity contribution in [2.24, 2.45) is 0 Å². The monoisotopic (exact) mass is 550 g/mol. The Balaban J connectivity index is 1.29. The molecule has 0 saturated carbocycles. The van der Waals surface area contributed by atoms with Gasteiger partial charge in [-0.1, -0.05) is 48.5 Å². The lowest BCUT2D eigenvalue weighted by atomic mass is 10.00. The number of aromatic nitrogens is 4. The third-order valence-corrected chi connectivity index (χ3v) is 7.38. The number of nitrogens with zero attached hydrogens (tertiary/aromatic N) is 4. The van der Waals surface area contributed by atoms with Crippen molar-refractivity contribution in [3.05, 3.63) is 84.4 Å². The number of fused-ring (bicyclic) bond motifs is 3. The second-order valence-electron chi connectivity index (χ2n) is 9.53. The number of hydrogen-bond donors (Lipinski definition) is 2. The van der Waals surface area contributed by atoms with E-state index in [2.05, 4.69) is 25.6 Å². The van der Waals surface area contributed by atoms with Crippen molar-refractivity contribution in [3.8, 4) is 0 Å². The zero-order valence-corrected chi connectivity index (χ0v) is 21.7. The number of rotatable bonds is 9. The van der Waals surface area contributed by atoms with Crippen LogP contribution in [0.1, 0.15) is 22.1 Å². The average Bonchev–Trinajstić information content (AvgIpc) is 3.62. The van der Waals surface area contributed by atoms with Crippen LogP contribution in [0.25, 0.3) is 11.2 Å². The summed E-state index contributed by atoms with van der Waals surface area (Å²) in [6, 6.07) is 18.1. The SMILES string of the molecule is CS(=O)(=O)OC[C@]12CN[C@H]([C@H](n3cnc4c(NC(=O)c5ccccc5)ncnc43)O1)[C@H]2OCc1ccccc1. The molecular formula is C26H26N6O6S. The number of morpholine rings is 1. The number of anilines is 1. The quantitative estimate of drug-likeness (QED) is 0.296. The number of hydrogen-bond acceptors (Lipinski definition) is 10. The maximum atomic E-state index is 12.7. The summed E-state index contributed by atoms with van der Waals surface area (Å²) in [5.74, 6) is -0.0649. The van der Waals surface area contributed by atoms with Crippen LogP contribution < -0.4 is 10.6 Å². The van der Waals surface area contributed by atoms with Crippen LogP contribution in [0.5, 0.6) is 0 Å². The fourth-order valence-electron chi connectivity index (χ4n) is 5.02. The lowest BCUT2D eigenvalue weighted by molar-refractivity contribution is -0.135. The molecule has 4 heterocycles. The largest absolute Gasteiger partial charge is 0.369 e. The predicted octanol–water partition coefficient (Wildman–Crippen LogP) is 1.88. The van der Waals surface area contributed by atoms with E-state index >= 15 is 0 Å². The number of imidazole rings is 1. The van der Waals surface area contributed by atoms with Gasteiger partial charge < -0.3 is 20.1 Å². The van der Waals surface area contributed by atoms with Gasteiger partial charge in [0.1, 0.15) is 18.0 Å². The highest BCUT2D eigenvalue weighted by atomic mass is 32.2. The molecule has 2 aromatic heterocycles. The number of carbonyl (C=O) groups is 1. The van der Waals surface area contributed by atoms with Gasteiger partial charge in [0.2, 0.25) is 0 Å². The van der Waals surface area contributed by atoms with Crippen LogP contribution in [-0.4, -0.2) is 71.0 Å². The molecule has 2 fully saturated rings. The standard InChI is InChI=1S/C26H26N6O6S/c1-39(34,35)37-14-26-13-27-19(21(26)36-12-17-8-4-2-5-9-17)25(38-26)32-16-30-20-22(28-15-29-23(20)32)31-24(33)18-10-6-3-7-11-18/h2-11,15-16,19,21,25,27H,12-14H2,1H3,(H,28,29,31,33)/t19-,21+,25+,26-/m0/s1. The van der Waals surface area contributed by atoms with Gasteiger partial charge >= 0.3 is 0 Å². The highest BCUT2D eigenvalue weighted by molar-refractivity contribution is 7.85. The average molecular weight is 551 g/mol. The molecular weight excluding hydrogens is 524 g/mol. The summed E-state index contributed by atoms with van der Waals surface area (Å²) in [6.07, 6.45) is 2.74. The van der Waals surface area contributed by atoms with Gasteiger partial charge in [0.15, 0.2) is 23.2 Å². The topological polar surface area (TPSA) is 147 Å². The van der Waals surface area contributed by atoms with Crippen molar-refractivity contribution in [2.45, 2.75) is 30.6 Å². The second-order valence-corrected chi connectivity index (χ2v) is 11.2. The number of benzene rings is 2. The number of ether oxygens (including phenoxy) is 2. The third-order valence-electron chi connectivity index (χ3n) is 6.83. The van der Waals surface area contributed by atoms with Gasteiger partial charge in [-0.3, -0.25) is 13.5 Å². The lowest BCUT2D eigenvalue weighted by Crippen LogP contribution is -2.48. The third kappa shape index (κ3) is 5.02. The Morgan fingerprint density at radius 1 is 1.13 bits per heavy atom. The molecule has 2 aliphatic rings. The Hall–Kier alpha value is -3.75. The van der Waals surface area contributed by atoms with Crippen LogP contribution in [0.3, 0.4) is 0 Å². The molecule has 0 radical (unpaired) electrons. The van der Waals surface area contributed by atoms with Crippen molar-refractivity contribution in [2.75, 3.05) is 24.7 Å². The fourth-order valence-corrected chi connectivity index (χ4v) is 5.43. The summed E-state index contributed by atoms with van der Waals surface area (Å²) in [6.45, 7) is 0.428. The van der Waals surface area contributed by atoms with E-state index in [9.17, 15) is 13.2 Å². The van der Waals surface area contributed by atoms with Crippen LogP contribution in [-0.2, 0) is 30.4 Å². The van der Waals surface area contributed by atoms with Crippen molar-refractivity contribution in [1.82, 2.24) is 24.8 Å². The number of nitrogens with one attached hydrogen (secondary N) is 2. The van der Waals surface area contributed by atoms with Crippen molar-refractivity contribution in [3.63, 3.8) is 0 Å².